The van der Waals surface area contributed by atoms with Crippen LogP contribution in [0.5, 0.6) is 0 Å². The number of rotatable bonds is 3. The number of aldehydes is 1. The number of aromatic nitrogens is 2. The molecule has 0 aromatic carbocycles. The Morgan fingerprint density at radius 1 is 1.42 bits per heavy atom. The lowest BCUT2D eigenvalue weighted by Gasteiger charge is -2.06. The third kappa shape index (κ3) is 2.39. The molecule has 0 amide bonds. The molecule has 0 atom stereocenters. The molecule has 0 saturated carbocycles. The summed E-state index contributed by atoms with van der Waals surface area (Å²) < 4.78 is 0. The summed E-state index contributed by atoms with van der Waals surface area (Å²) in [6.45, 7) is 0.694. The van der Waals surface area contributed by atoms with Crippen LogP contribution in [0.2, 0.25) is 0 Å². The van der Waals surface area contributed by atoms with Gasteiger partial charge in [0, 0.05) is 12.4 Å². The van der Waals surface area contributed by atoms with Crippen LogP contribution in [-0.4, -0.2) is 35.2 Å². The fraction of sp³-hybridized carbons (Fsp3) is 0.375. The van der Waals surface area contributed by atoms with E-state index in [1.54, 1.807) is 0 Å². The van der Waals surface area contributed by atoms with E-state index in [0.29, 0.717) is 12.1 Å². The van der Waals surface area contributed by atoms with Gasteiger partial charge in [0.05, 0.1) is 12.1 Å². The first-order valence-electron chi connectivity index (χ1n) is 3.63. The van der Waals surface area contributed by atoms with Crippen molar-refractivity contribution in [3.8, 4) is 0 Å². The van der Waals surface area contributed by atoms with Gasteiger partial charge in [0.25, 0.3) is 0 Å². The molecular weight excluding hydrogens is 154 g/mol. The average Bonchev–Trinajstić information content (AvgIpc) is 2.05. The van der Waals surface area contributed by atoms with E-state index >= 15 is 0 Å². The van der Waals surface area contributed by atoms with Crippen molar-refractivity contribution < 1.29 is 4.79 Å². The van der Waals surface area contributed by atoms with Crippen molar-refractivity contribution in [3.05, 3.63) is 23.8 Å². The Balaban J connectivity index is 2.71. The molecular formula is C8H11N3O. The zero-order chi connectivity index (χ0) is 8.97. The van der Waals surface area contributed by atoms with Crippen molar-refractivity contribution in [2.24, 2.45) is 0 Å². The molecule has 1 aromatic rings. The summed E-state index contributed by atoms with van der Waals surface area (Å²) in [6, 6.07) is 0. The second-order valence-corrected chi connectivity index (χ2v) is 2.79. The van der Waals surface area contributed by atoms with Gasteiger partial charge < -0.3 is 4.90 Å². The van der Waals surface area contributed by atoms with Gasteiger partial charge in [0.1, 0.15) is 5.82 Å². The normalized spacial score (nSPS) is 10.2. The maximum absolute atomic E-state index is 10.2. The molecule has 0 aliphatic heterocycles. The van der Waals surface area contributed by atoms with E-state index in [4.69, 9.17) is 0 Å². The van der Waals surface area contributed by atoms with Crippen LogP contribution in [0.1, 0.15) is 16.2 Å². The van der Waals surface area contributed by atoms with Crippen molar-refractivity contribution in [2.75, 3.05) is 14.1 Å². The van der Waals surface area contributed by atoms with E-state index in [1.807, 2.05) is 19.0 Å². The van der Waals surface area contributed by atoms with Gasteiger partial charge in [-0.25, -0.2) is 9.97 Å². The zero-order valence-corrected chi connectivity index (χ0v) is 7.19. The van der Waals surface area contributed by atoms with Crippen molar-refractivity contribution in [1.29, 1.82) is 0 Å². The molecule has 4 nitrogen and oxygen atoms in total. The molecule has 0 saturated heterocycles. The molecule has 1 aromatic heterocycles. The van der Waals surface area contributed by atoms with Gasteiger partial charge in [-0.15, -0.1) is 0 Å². The summed E-state index contributed by atoms with van der Waals surface area (Å²) >= 11 is 0. The SMILES string of the molecule is CN(C)Cc1ncc(C=O)cn1. The molecule has 0 radical (unpaired) electrons. The first-order valence-corrected chi connectivity index (χ1v) is 3.63. The molecule has 0 fully saturated rings. The Morgan fingerprint density at radius 3 is 2.42 bits per heavy atom. The molecule has 0 aliphatic rings. The van der Waals surface area contributed by atoms with E-state index in [1.165, 1.54) is 12.4 Å². The Bertz CT molecular complexity index is 256. The van der Waals surface area contributed by atoms with E-state index in [9.17, 15) is 4.79 Å². The van der Waals surface area contributed by atoms with E-state index in [-0.39, 0.29) is 0 Å². The van der Waals surface area contributed by atoms with E-state index in [2.05, 4.69) is 9.97 Å². The topological polar surface area (TPSA) is 46.1 Å². The molecule has 64 valence electrons. The van der Waals surface area contributed by atoms with Crippen molar-refractivity contribution >= 4 is 6.29 Å². The third-order valence-corrected chi connectivity index (χ3v) is 1.32. The minimum Gasteiger partial charge on any atom is -0.302 e. The lowest BCUT2D eigenvalue weighted by molar-refractivity contribution is 0.112. The summed E-state index contributed by atoms with van der Waals surface area (Å²) in [7, 11) is 3.88. The summed E-state index contributed by atoms with van der Waals surface area (Å²) in [4.78, 5) is 20.2. The average molecular weight is 165 g/mol. The smallest absolute Gasteiger partial charge is 0.153 e. The van der Waals surface area contributed by atoms with E-state index < -0.39 is 0 Å². The van der Waals surface area contributed by atoms with Gasteiger partial charge in [-0.2, -0.15) is 0 Å². The second kappa shape index (κ2) is 3.92. The zero-order valence-electron chi connectivity index (χ0n) is 7.19. The molecule has 0 unspecified atom stereocenters. The molecule has 0 aliphatic carbocycles. The predicted octanol–water partition coefficient (Wildman–Crippen LogP) is 0.351. The van der Waals surface area contributed by atoms with Crippen LogP contribution in [0.3, 0.4) is 0 Å². The van der Waals surface area contributed by atoms with Gasteiger partial charge in [-0.1, -0.05) is 0 Å². The fourth-order valence-corrected chi connectivity index (χ4v) is 0.790. The first-order chi connectivity index (χ1) is 5.72. The van der Waals surface area contributed by atoms with Crippen molar-refractivity contribution in [3.63, 3.8) is 0 Å². The lowest BCUT2D eigenvalue weighted by Crippen LogP contribution is -2.13. The molecule has 1 rings (SSSR count). The predicted molar refractivity (Wildman–Crippen MR) is 44.8 cm³/mol. The van der Waals surface area contributed by atoms with Crippen LogP contribution in [-0.2, 0) is 6.54 Å². The lowest BCUT2D eigenvalue weighted by atomic mass is 10.4. The summed E-state index contributed by atoms with van der Waals surface area (Å²) in [5, 5.41) is 0. The maximum Gasteiger partial charge on any atom is 0.153 e. The van der Waals surface area contributed by atoms with Crippen LogP contribution in [0.15, 0.2) is 12.4 Å². The number of nitrogens with zero attached hydrogens (tertiary/aromatic N) is 3. The van der Waals surface area contributed by atoms with Crippen LogP contribution in [0.25, 0.3) is 0 Å². The van der Waals surface area contributed by atoms with E-state index in [0.717, 1.165) is 12.1 Å². The van der Waals surface area contributed by atoms with Crippen LogP contribution in [0, 0.1) is 0 Å². The molecule has 4 heteroatoms. The Kier molecular flexibility index (Phi) is 2.88. The largest absolute Gasteiger partial charge is 0.302 e. The van der Waals surface area contributed by atoms with Crippen molar-refractivity contribution in [1.82, 2.24) is 14.9 Å². The van der Waals surface area contributed by atoms with Gasteiger partial charge in [-0.05, 0) is 14.1 Å². The summed E-state index contributed by atoms with van der Waals surface area (Å²) in [6.07, 6.45) is 3.79. The molecule has 0 bridgehead atoms. The maximum atomic E-state index is 10.2. The van der Waals surface area contributed by atoms with Crippen LogP contribution in [0.4, 0.5) is 0 Å². The number of carbonyl (C=O) groups is 1. The van der Waals surface area contributed by atoms with Crippen LogP contribution >= 0.6 is 0 Å². The highest BCUT2D eigenvalue weighted by molar-refractivity contribution is 5.73. The molecule has 0 N–H and O–H groups in total. The number of hydrogen-bond donors (Lipinski definition) is 0. The molecule has 0 spiro atoms. The summed E-state index contributed by atoms with van der Waals surface area (Å²) in [5.74, 6) is 0.727. The highest BCUT2D eigenvalue weighted by Gasteiger charge is 1.97. The van der Waals surface area contributed by atoms with Gasteiger partial charge >= 0.3 is 0 Å². The monoisotopic (exact) mass is 165 g/mol. The number of hydrogen-bond acceptors (Lipinski definition) is 4. The second-order valence-electron chi connectivity index (χ2n) is 2.79. The highest BCUT2D eigenvalue weighted by Crippen LogP contribution is 1.94. The van der Waals surface area contributed by atoms with Gasteiger partial charge in [-0.3, -0.25) is 4.79 Å². The third-order valence-electron chi connectivity index (χ3n) is 1.32. The highest BCUT2D eigenvalue weighted by atomic mass is 16.1. The van der Waals surface area contributed by atoms with Crippen molar-refractivity contribution in [2.45, 2.75) is 6.54 Å². The Morgan fingerprint density at radius 2 is 2.00 bits per heavy atom. The van der Waals surface area contributed by atoms with Gasteiger partial charge in [0.2, 0.25) is 0 Å². The Hall–Kier alpha value is -1.29. The fourth-order valence-electron chi connectivity index (χ4n) is 0.790. The molecule has 12 heavy (non-hydrogen) atoms. The summed E-state index contributed by atoms with van der Waals surface area (Å²) in [5.41, 5.74) is 0.512. The Labute approximate surface area is 71.3 Å². The van der Waals surface area contributed by atoms with Crippen LogP contribution < -0.4 is 0 Å². The standard InChI is InChI=1S/C8H11N3O/c1-11(2)5-8-9-3-7(6-12)4-10-8/h3-4,6H,5H2,1-2H3. The minimum absolute atomic E-state index is 0.512. The minimum atomic E-state index is 0.512. The number of carbonyl (C=O) groups excluding carboxylic acids is 1. The van der Waals surface area contributed by atoms with Gasteiger partial charge in [0.15, 0.2) is 6.29 Å². The first kappa shape index (κ1) is 8.80. The quantitative estimate of drug-likeness (QED) is 0.606. The molecule has 1 heterocycles.